The van der Waals surface area contributed by atoms with Crippen molar-refractivity contribution in [3.8, 4) is 33.8 Å². The second-order valence-electron chi connectivity index (χ2n) is 6.48. The molecule has 0 aliphatic rings. The number of nitrogens with zero attached hydrogens (tertiary/aromatic N) is 2. The average Bonchev–Trinajstić information content (AvgIpc) is 3.26. The number of hydrogen-bond acceptors (Lipinski definition) is 3. The van der Waals surface area contributed by atoms with E-state index in [4.69, 9.17) is 9.47 Å². The van der Waals surface area contributed by atoms with E-state index in [0.29, 0.717) is 0 Å². The summed E-state index contributed by atoms with van der Waals surface area (Å²) in [7, 11) is 3.41. The number of rotatable bonds is 6. The quantitative estimate of drug-likeness (QED) is 0.463. The van der Waals surface area contributed by atoms with Crippen molar-refractivity contribution in [3.63, 3.8) is 0 Å². The standard InChI is InChI=1S/C24H22N2O2/c1-27-22-12-5-3-9-19(22)20-11-7-8-18(16-26-15-14-25-17-26)24(20)21-10-4-6-13-23(21)28-2/h3-15,17H,16H2,1-2H3. The third-order valence-electron chi connectivity index (χ3n) is 4.84. The van der Waals surface area contributed by atoms with E-state index >= 15 is 0 Å². The summed E-state index contributed by atoms with van der Waals surface area (Å²) in [5, 5.41) is 0. The number of ether oxygens (including phenoxy) is 2. The first kappa shape index (κ1) is 17.9. The lowest BCUT2D eigenvalue weighted by Crippen LogP contribution is -2.02. The van der Waals surface area contributed by atoms with E-state index in [2.05, 4.69) is 39.9 Å². The molecule has 0 N–H and O–H groups in total. The van der Waals surface area contributed by atoms with E-state index in [0.717, 1.165) is 40.3 Å². The first-order chi connectivity index (χ1) is 13.8. The van der Waals surface area contributed by atoms with Gasteiger partial charge in [0.25, 0.3) is 0 Å². The van der Waals surface area contributed by atoms with Gasteiger partial charge in [-0.25, -0.2) is 4.98 Å². The molecule has 0 radical (unpaired) electrons. The van der Waals surface area contributed by atoms with E-state index < -0.39 is 0 Å². The highest BCUT2D eigenvalue weighted by Crippen LogP contribution is 2.42. The van der Waals surface area contributed by atoms with Gasteiger partial charge in [0, 0.05) is 30.1 Å². The molecule has 0 bridgehead atoms. The van der Waals surface area contributed by atoms with Crippen molar-refractivity contribution < 1.29 is 9.47 Å². The summed E-state index contributed by atoms with van der Waals surface area (Å²) in [6, 6.07) is 22.6. The van der Waals surface area contributed by atoms with Gasteiger partial charge in [-0.1, -0.05) is 54.6 Å². The van der Waals surface area contributed by atoms with Crippen molar-refractivity contribution >= 4 is 0 Å². The van der Waals surface area contributed by atoms with Crippen LogP contribution in [0.5, 0.6) is 11.5 Å². The largest absolute Gasteiger partial charge is 0.496 e. The number of aromatic nitrogens is 2. The molecule has 0 spiro atoms. The smallest absolute Gasteiger partial charge is 0.126 e. The van der Waals surface area contributed by atoms with Gasteiger partial charge in [0.1, 0.15) is 11.5 Å². The molecule has 1 aromatic heterocycles. The van der Waals surface area contributed by atoms with E-state index in [1.165, 1.54) is 5.56 Å². The molecule has 140 valence electrons. The summed E-state index contributed by atoms with van der Waals surface area (Å²) in [6.07, 6.45) is 5.61. The number of hydrogen-bond donors (Lipinski definition) is 0. The zero-order chi connectivity index (χ0) is 19.3. The van der Waals surface area contributed by atoms with Crippen molar-refractivity contribution in [2.45, 2.75) is 6.54 Å². The molecule has 0 atom stereocenters. The Morgan fingerprint density at radius 2 is 1.39 bits per heavy atom. The topological polar surface area (TPSA) is 36.3 Å². The van der Waals surface area contributed by atoms with Crippen LogP contribution in [-0.4, -0.2) is 23.8 Å². The molecule has 0 fully saturated rings. The maximum absolute atomic E-state index is 5.69. The molecule has 4 rings (SSSR count). The van der Waals surface area contributed by atoms with Crippen LogP contribution in [0, 0.1) is 0 Å². The van der Waals surface area contributed by atoms with Crippen LogP contribution in [0.15, 0.2) is 85.5 Å². The lowest BCUT2D eigenvalue weighted by Gasteiger charge is -2.19. The van der Waals surface area contributed by atoms with E-state index in [1.807, 2.05) is 48.9 Å². The molecule has 4 heteroatoms. The third kappa shape index (κ3) is 3.37. The highest BCUT2D eigenvalue weighted by molar-refractivity contribution is 5.90. The summed E-state index contributed by atoms with van der Waals surface area (Å²) < 4.78 is 13.4. The Hall–Kier alpha value is -3.53. The number of methoxy groups -OCH3 is 2. The summed E-state index contributed by atoms with van der Waals surface area (Å²) in [4.78, 5) is 4.18. The minimum atomic E-state index is 0.719. The Morgan fingerprint density at radius 1 is 0.750 bits per heavy atom. The normalized spacial score (nSPS) is 10.6. The van der Waals surface area contributed by atoms with Gasteiger partial charge in [0.05, 0.1) is 20.5 Å². The molecule has 3 aromatic carbocycles. The molecule has 4 aromatic rings. The van der Waals surface area contributed by atoms with Gasteiger partial charge in [-0.3, -0.25) is 0 Å². The molecule has 0 saturated heterocycles. The fraction of sp³-hybridized carbons (Fsp3) is 0.125. The minimum Gasteiger partial charge on any atom is -0.496 e. The predicted molar refractivity (Wildman–Crippen MR) is 112 cm³/mol. The lowest BCUT2D eigenvalue weighted by atomic mass is 9.89. The molecule has 1 heterocycles. The monoisotopic (exact) mass is 370 g/mol. The van der Waals surface area contributed by atoms with E-state index in [9.17, 15) is 0 Å². The van der Waals surface area contributed by atoms with E-state index in [-0.39, 0.29) is 0 Å². The predicted octanol–water partition coefficient (Wildman–Crippen LogP) is 5.28. The van der Waals surface area contributed by atoms with Crippen LogP contribution < -0.4 is 9.47 Å². The Kier molecular flexibility index (Phi) is 5.11. The second-order valence-corrected chi connectivity index (χ2v) is 6.48. The van der Waals surface area contributed by atoms with Crippen LogP contribution in [0.1, 0.15) is 5.56 Å². The lowest BCUT2D eigenvalue weighted by molar-refractivity contribution is 0.415. The average molecular weight is 370 g/mol. The van der Waals surface area contributed by atoms with Crippen LogP contribution in [0.25, 0.3) is 22.3 Å². The SMILES string of the molecule is COc1ccccc1-c1cccc(Cn2ccnc2)c1-c1ccccc1OC. The van der Waals surface area contributed by atoms with Gasteiger partial charge in [0.15, 0.2) is 0 Å². The van der Waals surface area contributed by atoms with Gasteiger partial charge in [0.2, 0.25) is 0 Å². The fourth-order valence-corrected chi connectivity index (χ4v) is 3.57. The molecule has 28 heavy (non-hydrogen) atoms. The van der Waals surface area contributed by atoms with Crippen LogP contribution in [-0.2, 0) is 6.54 Å². The summed E-state index contributed by atoms with van der Waals surface area (Å²) in [6.45, 7) is 0.719. The zero-order valence-corrected chi connectivity index (χ0v) is 16.0. The van der Waals surface area contributed by atoms with Crippen LogP contribution in [0.4, 0.5) is 0 Å². The second kappa shape index (κ2) is 8.01. The molecule has 0 unspecified atom stereocenters. The van der Waals surface area contributed by atoms with Crippen LogP contribution in [0.3, 0.4) is 0 Å². The molecular formula is C24H22N2O2. The minimum absolute atomic E-state index is 0.719. The summed E-state index contributed by atoms with van der Waals surface area (Å²) >= 11 is 0. The van der Waals surface area contributed by atoms with Crippen molar-refractivity contribution in [2.24, 2.45) is 0 Å². The van der Waals surface area contributed by atoms with E-state index in [1.54, 1.807) is 20.4 Å². The maximum Gasteiger partial charge on any atom is 0.126 e. The van der Waals surface area contributed by atoms with Crippen molar-refractivity contribution in [1.82, 2.24) is 9.55 Å². The first-order valence-corrected chi connectivity index (χ1v) is 9.16. The third-order valence-corrected chi connectivity index (χ3v) is 4.84. The fourth-order valence-electron chi connectivity index (χ4n) is 3.57. The number of para-hydroxylation sites is 2. The Morgan fingerprint density at radius 3 is 2.07 bits per heavy atom. The molecule has 4 nitrogen and oxygen atoms in total. The van der Waals surface area contributed by atoms with Gasteiger partial charge in [-0.15, -0.1) is 0 Å². The first-order valence-electron chi connectivity index (χ1n) is 9.16. The Labute approximate surface area is 165 Å². The van der Waals surface area contributed by atoms with Crippen LogP contribution >= 0.6 is 0 Å². The van der Waals surface area contributed by atoms with Gasteiger partial charge >= 0.3 is 0 Å². The highest BCUT2D eigenvalue weighted by atomic mass is 16.5. The zero-order valence-electron chi connectivity index (χ0n) is 16.0. The van der Waals surface area contributed by atoms with Crippen molar-refractivity contribution in [2.75, 3.05) is 14.2 Å². The molecular weight excluding hydrogens is 348 g/mol. The van der Waals surface area contributed by atoms with Crippen molar-refractivity contribution in [3.05, 3.63) is 91.0 Å². The molecule has 0 saturated carbocycles. The van der Waals surface area contributed by atoms with Crippen LogP contribution in [0.2, 0.25) is 0 Å². The molecule has 0 aliphatic heterocycles. The highest BCUT2D eigenvalue weighted by Gasteiger charge is 2.18. The van der Waals surface area contributed by atoms with Gasteiger partial charge in [-0.05, 0) is 28.8 Å². The number of imidazole rings is 1. The summed E-state index contributed by atoms with van der Waals surface area (Å²) in [5.41, 5.74) is 5.55. The Bertz CT molecular complexity index is 1070. The number of benzene rings is 3. The van der Waals surface area contributed by atoms with Gasteiger partial charge in [-0.2, -0.15) is 0 Å². The van der Waals surface area contributed by atoms with Crippen molar-refractivity contribution in [1.29, 1.82) is 0 Å². The maximum atomic E-state index is 5.69. The Balaban J connectivity index is 1.98. The van der Waals surface area contributed by atoms with Gasteiger partial charge < -0.3 is 14.0 Å². The molecule has 0 amide bonds. The summed E-state index contributed by atoms with van der Waals surface area (Å²) in [5.74, 6) is 1.69. The molecule has 0 aliphatic carbocycles.